The molecule has 1 aliphatic rings. The van der Waals surface area contributed by atoms with Crippen molar-refractivity contribution in [3.8, 4) is 0 Å². The van der Waals surface area contributed by atoms with E-state index in [1.54, 1.807) is 0 Å². The molecule has 0 spiro atoms. The van der Waals surface area contributed by atoms with Crippen molar-refractivity contribution >= 4 is 0 Å². The number of nitrogens with one attached hydrogen (secondary N) is 1. The number of nitrogens with zero attached hydrogens (tertiary/aromatic N) is 1. The smallest absolute Gasteiger partial charge is 0.117 e. The lowest BCUT2D eigenvalue weighted by Crippen LogP contribution is -2.10. The second-order valence-corrected chi connectivity index (χ2v) is 4.72. The van der Waals surface area contributed by atoms with E-state index in [1.807, 2.05) is 12.3 Å². The minimum Gasteiger partial charge on any atom is -0.464 e. The molecule has 0 aromatic carbocycles. The Labute approximate surface area is 107 Å². The topological polar surface area (TPSA) is 38.1 Å². The molecule has 2 aromatic heterocycles. The zero-order chi connectivity index (χ0) is 12.4. The Balaban J connectivity index is 1.82. The molecule has 2 aromatic rings. The summed E-state index contributed by atoms with van der Waals surface area (Å²) >= 11 is 0. The summed E-state index contributed by atoms with van der Waals surface area (Å²) in [5, 5.41) is 3.28. The first-order valence-corrected chi connectivity index (χ1v) is 6.61. The summed E-state index contributed by atoms with van der Waals surface area (Å²) < 4.78 is 5.92. The predicted molar refractivity (Wildman–Crippen MR) is 70.5 cm³/mol. The van der Waals surface area contributed by atoms with Gasteiger partial charge in [0.15, 0.2) is 0 Å². The van der Waals surface area contributed by atoms with Crippen molar-refractivity contribution in [2.75, 3.05) is 6.54 Å². The Hall–Kier alpha value is -1.61. The maximum Gasteiger partial charge on any atom is 0.117 e. The third-order valence-corrected chi connectivity index (χ3v) is 3.53. The van der Waals surface area contributed by atoms with Crippen LogP contribution in [0.3, 0.4) is 0 Å². The largest absolute Gasteiger partial charge is 0.464 e. The first-order chi connectivity index (χ1) is 8.88. The van der Waals surface area contributed by atoms with Gasteiger partial charge >= 0.3 is 0 Å². The van der Waals surface area contributed by atoms with E-state index < -0.39 is 0 Å². The molecule has 3 heteroatoms. The zero-order valence-electron chi connectivity index (χ0n) is 10.6. The van der Waals surface area contributed by atoms with Crippen LogP contribution in [0.4, 0.5) is 0 Å². The van der Waals surface area contributed by atoms with Crippen molar-refractivity contribution in [2.45, 2.75) is 32.2 Å². The van der Waals surface area contributed by atoms with E-state index in [2.05, 4.69) is 35.4 Å². The lowest BCUT2D eigenvalue weighted by Gasteiger charge is -2.07. The summed E-state index contributed by atoms with van der Waals surface area (Å²) in [6.45, 7) is 3.86. The van der Waals surface area contributed by atoms with Gasteiger partial charge in [0.2, 0.25) is 0 Å². The standard InChI is InChI=1S/C15H18N2O/c1-2-16-10-12-6-8-14(18-12)13-7-5-11-4-3-9-17-15(11)13/h3-4,6,8-9,13,16H,2,5,7,10H2,1H3. The predicted octanol–water partition coefficient (Wildman–Crippen LogP) is 2.86. The maximum absolute atomic E-state index is 5.92. The van der Waals surface area contributed by atoms with Crippen molar-refractivity contribution in [3.05, 3.63) is 53.2 Å². The summed E-state index contributed by atoms with van der Waals surface area (Å²) in [7, 11) is 0. The quantitative estimate of drug-likeness (QED) is 0.896. The van der Waals surface area contributed by atoms with E-state index in [4.69, 9.17) is 4.42 Å². The van der Waals surface area contributed by atoms with Crippen LogP contribution in [-0.4, -0.2) is 11.5 Å². The number of aryl methyl sites for hydroxylation is 1. The number of aromatic nitrogens is 1. The van der Waals surface area contributed by atoms with Gasteiger partial charge in [-0.2, -0.15) is 0 Å². The minimum absolute atomic E-state index is 0.344. The van der Waals surface area contributed by atoms with Crippen LogP contribution in [0.5, 0.6) is 0 Å². The normalized spacial score (nSPS) is 17.9. The molecule has 0 radical (unpaired) electrons. The van der Waals surface area contributed by atoms with Crippen LogP contribution in [0.25, 0.3) is 0 Å². The van der Waals surface area contributed by atoms with Gasteiger partial charge in [0.25, 0.3) is 0 Å². The number of furan rings is 1. The molecule has 2 heterocycles. The van der Waals surface area contributed by atoms with Crippen molar-refractivity contribution in [1.29, 1.82) is 0 Å². The van der Waals surface area contributed by atoms with Crippen molar-refractivity contribution < 1.29 is 4.42 Å². The van der Waals surface area contributed by atoms with Crippen molar-refractivity contribution in [3.63, 3.8) is 0 Å². The van der Waals surface area contributed by atoms with Crippen LogP contribution in [0.1, 0.15) is 42.0 Å². The first kappa shape index (κ1) is 11.5. The molecule has 0 bridgehead atoms. The van der Waals surface area contributed by atoms with Gasteiger partial charge in [0.1, 0.15) is 11.5 Å². The summed E-state index contributed by atoms with van der Waals surface area (Å²) in [5.74, 6) is 2.41. The van der Waals surface area contributed by atoms with Gasteiger partial charge in [0.05, 0.1) is 18.2 Å². The Morgan fingerprint density at radius 1 is 1.39 bits per heavy atom. The highest BCUT2D eigenvalue weighted by molar-refractivity contribution is 5.34. The fraction of sp³-hybridized carbons (Fsp3) is 0.400. The fourth-order valence-electron chi connectivity index (χ4n) is 2.61. The minimum atomic E-state index is 0.344. The first-order valence-electron chi connectivity index (χ1n) is 6.61. The second kappa shape index (κ2) is 4.94. The third kappa shape index (κ3) is 2.06. The fourth-order valence-corrected chi connectivity index (χ4v) is 2.61. The molecule has 0 saturated carbocycles. The van der Waals surface area contributed by atoms with Crippen molar-refractivity contribution in [2.24, 2.45) is 0 Å². The number of pyridine rings is 1. The molecule has 3 nitrogen and oxygen atoms in total. The Kier molecular flexibility index (Phi) is 3.15. The van der Waals surface area contributed by atoms with Gasteiger partial charge in [-0.15, -0.1) is 0 Å². The molecular formula is C15H18N2O. The van der Waals surface area contributed by atoms with Gasteiger partial charge in [-0.25, -0.2) is 0 Å². The average molecular weight is 242 g/mol. The number of hydrogen-bond donors (Lipinski definition) is 1. The average Bonchev–Trinajstić information content (AvgIpc) is 3.02. The molecule has 0 fully saturated rings. The van der Waals surface area contributed by atoms with Gasteiger partial charge in [-0.05, 0) is 43.1 Å². The summed E-state index contributed by atoms with van der Waals surface area (Å²) in [6.07, 6.45) is 4.09. The third-order valence-electron chi connectivity index (χ3n) is 3.53. The molecule has 1 N–H and O–H groups in total. The molecule has 3 rings (SSSR count). The van der Waals surface area contributed by atoms with E-state index in [1.165, 1.54) is 11.3 Å². The van der Waals surface area contributed by atoms with Crippen LogP contribution in [0.15, 0.2) is 34.9 Å². The lowest BCUT2D eigenvalue weighted by atomic mass is 10.0. The molecule has 0 saturated heterocycles. The van der Waals surface area contributed by atoms with Gasteiger partial charge < -0.3 is 9.73 Å². The molecule has 18 heavy (non-hydrogen) atoms. The molecule has 1 atom stereocenters. The zero-order valence-corrected chi connectivity index (χ0v) is 10.6. The summed E-state index contributed by atoms with van der Waals surface area (Å²) in [4.78, 5) is 4.51. The summed E-state index contributed by atoms with van der Waals surface area (Å²) in [5.41, 5.74) is 2.56. The van der Waals surface area contributed by atoms with Crippen LogP contribution in [-0.2, 0) is 13.0 Å². The molecule has 94 valence electrons. The maximum atomic E-state index is 5.92. The Morgan fingerprint density at radius 3 is 3.22 bits per heavy atom. The molecule has 0 aliphatic heterocycles. The Bertz CT molecular complexity index is 533. The Morgan fingerprint density at radius 2 is 2.33 bits per heavy atom. The molecule has 1 unspecified atom stereocenters. The monoisotopic (exact) mass is 242 g/mol. The van der Waals surface area contributed by atoms with Crippen LogP contribution < -0.4 is 5.32 Å². The van der Waals surface area contributed by atoms with E-state index in [0.717, 1.165) is 37.5 Å². The highest BCUT2D eigenvalue weighted by Crippen LogP contribution is 2.37. The van der Waals surface area contributed by atoms with E-state index in [-0.39, 0.29) is 0 Å². The highest BCUT2D eigenvalue weighted by Gasteiger charge is 2.27. The van der Waals surface area contributed by atoms with Gasteiger partial charge in [-0.3, -0.25) is 4.98 Å². The van der Waals surface area contributed by atoms with E-state index >= 15 is 0 Å². The summed E-state index contributed by atoms with van der Waals surface area (Å²) in [6, 6.07) is 8.35. The molecule has 1 aliphatic carbocycles. The number of rotatable bonds is 4. The van der Waals surface area contributed by atoms with E-state index in [9.17, 15) is 0 Å². The lowest BCUT2D eigenvalue weighted by molar-refractivity contribution is 0.431. The molecular weight excluding hydrogens is 224 g/mol. The second-order valence-electron chi connectivity index (χ2n) is 4.72. The van der Waals surface area contributed by atoms with Gasteiger partial charge in [0, 0.05) is 6.20 Å². The number of fused-ring (bicyclic) bond motifs is 1. The van der Waals surface area contributed by atoms with Crippen LogP contribution in [0, 0.1) is 0 Å². The van der Waals surface area contributed by atoms with Crippen LogP contribution >= 0.6 is 0 Å². The van der Waals surface area contributed by atoms with Crippen LogP contribution in [0.2, 0.25) is 0 Å². The van der Waals surface area contributed by atoms with Crippen molar-refractivity contribution in [1.82, 2.24) is 10.3 Å². The van der Waals surface area contributed by atoms with Gasteiger partial charge in [-0.1, -0.05) is 13.0 Å². The SMILES string of the molecule is CCNCc1ccc(C2CCc3cccnc32)o1. The van der Waals surface area contributed by atoms with E-state index in [0.29, 0.717) is 5.92 Å². The number of hydrogen-bond acceptors (Lipinski definition) is 3. The molecule has 0 amide bonds. The highest BCUT2D eigenvalue weighted by atomic mass is 16.3.